The lowest BCUT2D eigenvalue weighted by atomic mass is 10.5. The van der Waals surface area contributed by atoms with Gasteiger partial charge in [0.1, 0.15) is 0 Å². The van der Waals surface area contributed by atoms with Gasteiger partial charge in [0.2, 0.25) is 23.6 Å². The molecular formula is C13H29F3N2O4. The largest absolute Gasteiger partial charge is 0.286 e. The van der Waals surface area contributed by atoms with E-state index >= 15 is 0 Å². The van der Waals surface area contributed by atoms with Crippen LogP contribution >= 0.6 is 0 Å². The van der Waals surface area contributed by atoms with Gasteiger partial charge < -0.3 is 0 Å². The molecule has 22 heavy (non-hydrogen) atoms. The number of hydrogen-bond donors (Lipinski definition) is 0. The van der Waals surface area contributed by atoms with E-state index in [4.69, 9.17) is 9.15 Å². The molecule has 136 valence electrons. The maximum absolute atomic E-state index is 10.5. The Bertz CT molecular complexity index is 298. The molecule has 0 saturated carbocycles. The van der Waals surface area contributed by atoms with Gasteiger partial charge in [-0.25, -0.2) is 0 Å². The Balaban J connectivity index is -0.0000000466. The third kappa shape index (κ3) is 20.4. The van der Waals surface area contributed by atoms with E-state index in [1.807, 2.05) is 0 Å². The topological polar surface area (TPSA) is 74.8 Å². The molecule has 0 atom stereocenters. The van der Waals surface area contributed by atoms with Crippen LogP contribution in [-0.4, -0.2) is 47.0 Å². The van der Waals surface area contributed by atoms with Crippen molar-refractivity contribution >= 4 is 23.6 Å². The molecule has 0 aliphatic rings. The van der Waals surface area contributed by atoms with Crippen molar-refractivity contribution in [3.8, 4) is 0 Å². The van der Waals surface area contributed by atoms with Crippen molar-refractivity contribution in [3.05, 3.63) is 0 Å². The molecule has 0 N–H and O–H groups in total. The lowest BCUT2D eigenvalue weighted by Gasteiger charge is -2.12. The zero-order chi connectivity index (χ0) is 16.2. The highest BCUT2D eigenvalue weighted by Crippen LogP contribution is 1.87. The average molecular weight is 334 g/mol. The average Bonchev–Trinajstić information content (AvgIpc) is 2.31. The van der Waals surface area contributed by atoms with Gasteiger partial charge in [-0.15, -0.1) is 0 Å². The highest BCUT2D eigenvalue weighted by molar-refractivity contribution is 5.93. The SMILES string of the molecule is C.C.CC(=O)N(C)C(C)=O.CCN(C(C)=O)C(C)=O.F.FF. The first-order valence-electron chi connectivity index (χ1n) is 5.32. The molecule has 0 fully saturated rings. The molecule has 0 spiro atoms. The van der Waals surface area contributed by atoms with Gasteiger partial charge in [-0.3, -0.25) is 33.7 Å². The van der Waals surface area contributed by atoms with E-state index in [1.165, 1.54) is 39.6 Å². The van der Waals surface area contributed by atoms with Crippen molar-refractivity contribution in [2.45, 2.75) is 49.5 Å². The lowest BCUT2D eigenvalue weighted by Crippen LogP contribution is -2.32. The van der Waals surface area contributed by atoms with Gasteiger partial charge in [-0.2, -0.15) is 0 Å². The zero-order valence-corrected chi connectivity index (χ0v) is 12.4. The van der Waals surface area contributed by atoms with Gasteiger partial charge in [0, 0.05) is 50.4 Å². The Morgan fingerprint density at radius 1 is 0.773 bits per heavy atom. The fourth-order valence-corrected chi connectivity index (χ4v) is 0.889. The maximum Gasteiger partial charge on any atom is 0.226 e. The van der Waals surface area contributed by atoms with Crippen LogP contribution in [0.4, 0.5) is 13.9 Å². The van der Waals surface area contributed by atoms with Crippen LogP contribution in [0.15, 0.2) is 0 Å². The molecular weight excluding hydrogens is 305 g/mol. The monoisotopic (exact) mass is 334 g/mol. The quantitative estimate of drug-likeness (QED) is 0.739. The minimum atomic E-state index is -0.225. The number of carbonyl (C=O) groups is 4. The summed E-state index contributed by atoms with van der Waals surface area (Å²) >= 11 is 0. The molecule has 0 heterocycles. The fourth-order valence-electron chi connectivity index (χ4n) is 0.889. The van der Waals surface area contributed by atoms with Gasteiger partial charge in [0.15, 0.2) is 0 Å². The van der Waals surface area contributed by atoms with Crippen LogP contribution in [0.25, 0.3) is 0 Å². The van der Waals surface area contributed by atoms with Gasteiger partial charge >= 0.3 is 0 Å². The van der Waals surface area contributed by atoms with Crippen LogP contribution in [0.3, 0.4) is 0 Å². The number of nitrogens with zero attached hydrogens (tertiary/aromatic N) is 2. The molecule has 0 aliphatic heterocycles. The van der Waals surface area contributed by atoms with E-state index in [-0.39, 0.29) is 43.2 Å². The summed E-state index contributed by atoms with van der Waals surface area (Å²) in [5.41, 5.74) is 0. The second-order valence-electron chi connectivity index (χ2n) is 3.38. The normalized spacial score (nSPS) is 6.91. The Morgan fingerprint density at radius 2 is 1.00 bits per heavy atom. The Hall–Kier alpha value is -1.93. The highest BCUT2D eigenvalue weighted by Gasteiger charge is 2.08. The summed E-state index contributed by atoms with van der Waals surface area (Å²) in [6, 6.07) is 0. The summed E-state index contributed by atoms with van der Waals surface area (Å²) in [5.74, 6) is -0.829. The van der Waals surface area contributed by atoms with Crippen molar-refractivity contribution in [2.75, 3.05) is 13.6 Å². The fraction of sp³-hybridized carbons (Fsp3) is 0.692. The van der Waals surface area contributed by atoms with E-state index in [9.17, 15) is 19.2 Å². The van der Waals surface area contributed by atoms with E-state index in [0.29, 0.717) is 6.54 Å². The molecule has 0 rings (SSSR count). The summed E-state index contributed by atoms with van der Waals surface area (Å²) in [6.45, 7) is 7.69. The van der Waals surface area contributed by atoms with Crippen molar-refractivity contribution in [1.29, 1.82) is 0 Å². The first-order chi connectivity index (χ1) is 8.64. The minimum Gasteiger partial charge on any atom is -0.286 e. The van der Waals surface area contributed by atoms with Gasteiger partial charge in [0.25, 0.3) is 0 Å². The first kappa shape index (κ1) is 36.9. The molecule has 0 aromatic heterocycles. The second kappa shape index (κ2) is 21.4. The Kier molecular flexibility index (Phi) is 35.8. The number of halogens is 3. The highest BCUT2D eigenvalue weighted by atomic mass is 20.0. The summed E-state index contributed by atoms with van der Waals surface area (Å²) in [4.78, 5) is 43.9. The smallest absolute Gasteiger partial charge is 0.226 e. The number of hydrogen-bond acceptors (Lipinski definition) is 4. The van der Waals surface area contributed by atoms with Crippen molar-refractivity contribution in [3.63, 3.8) is 0 Å². The first-order valence-corrected chi connectivity index (χ1v) is 5.32. The van der Waals surface area contributed by atoms with Gasteiger partial charge in [-0.05, 0) is 6.92 Å². The lowest BCUT2D eigenvalue weighted by molar-refractivity contribution is -0.142. The predicted octanol–water partition coefficient (Wildman–Crippen LogP) is 2.68. The second-order valence-corrected chi connectivity index (χ2v) is 3.38. The van der Waals surface area contributed by atoms with Crippen LogP contribution in [0, 0.1) is 0 Å². The molecule has 0 aromatic carbocycles. The van der Waals surface area contributed by atoms with Crippen LogP contribution in [0.5, 0.6) is 0 Å². The Morgan fingerprint density at radius 3 is 1.00 bits per heavy atom. The van der Waals surface area contributed by atoms with E-state index in [0.717, 1.165) is 4.90 Å². The van der Waals surface area contributed by atoms with Crippen LogP contribution in [0.1, 0.15) is 49.5 Å². The molecule has 9 heteroatoms. The van der Waals surface area contributed by atoms with Crippen LogP contribution in [-0.2, 0) is 19.2 Å². The molecule has 0 aliphatic carbocycles. The summed E-state index contributed by atoms with van der Waals surface area (Å²) in [6.07, 6.45) is 0. The number of rotatable bonds is 1. The summed E-state index contributed by atoms with van der Waals surface area (Å²) in [5, 5.41) is 0. The predicted molar refractivity (Wildman–Crippen MR) is 81.0 cm³/mol. The third-order valence-corrected chi connectivity index (χ3v) is 2.02. The van der Waals surface area contributed by atoms with Crippen LogP contribution < -0.4 is 0 Å². The van der Waals surface area contributed by atoms with Crippen molar-refractivity contribution in [1.82, 2.24) is 9.80 Å². The third-order valence-electron chi connectivity index (χ3n) is 2.02. The maximum atomic E-state index is 10.5. The van der Waals surface area contributed by atoms with Crippen molar-refractivity contribution < 1.29 is 33.0 Å². The standard InChI is InChI=1S/C6H11NO2.C5H9NO2.2CH4.F2.FH/c1-4-7(5(2)8)6(3)9;1-4(7)6(3)5(2)8;;;1-2;/h4H2,1-3H3;1-3H3;2*1H4;;1H. The Labute approximate surface area is 130 Å². The molecule has 0 unspecified atom stereocenters. The molecule has 0 bridgehead atoms. The van der Waals surface area contributed by atoms with E-state index < -0.39 is 0 Å². The number of amides is 4. The molecule has 0 saturated heterocycles. The van der Waals surface area contributed by atoms with Gasteiger partial charge in [0.05, 0.1) is 0 Å². The van der Waals surface area contributed by atoms with E-state index in [2.05, 4.69) is 0 Å². The molecule has 6 nitrogen and oxygen atoms in total. The number of carbonyl (C=O) groups excluding carboxylic acids is 4. The summed E-state index contributed by atoms with van der Waals surface area (Å²) in [7, 11) is 1.45. The molecule has 0 aromatic rings. The van der Waals surface area contributed by atoms with Gasteiger partial charge in [-0.1, -0.05) is 14.9 Å². The minimum absolute atomic E-state index is 0. The van der Waals surface area contributed by atoms with Crippen molar-refractivity contribution in [2.24, 2.45) is 0 Å². The van der Waals surface area contributed by atoms with E-state index in [1.54, 1.807) is 6.92 Å². The van der Waals surface area contributed by atoms with Crippen LogP contribution in [0.2, 0.25) is 0 Å². The summed E-state index contributed by atoms with van der Waals surface area (Å²) < 4.78 is 16.0. The number of imide groups is 2. The zero-order valence-electron chi connectivity index (χ0n) is 12.4. The molecule has 0 radical (unpaired) electrons. The molecule has 4 amide bonds.